The largest absolute Gasteiger partial charge is 0.299 e. The molecule has 0 spiro atoms. The molecule has 0 N–H and O–H groups in total. The number of carbonyl (C=O) groups excluding carboxylic acids is 1. The van der Waals surface area contributed by atoms with Crippen LogP contribution in [0.4, 0.5) is 0 Å². The van der Waals surface area contributed by atoms with Gasteiger partial charge in [0.15, 0.2) is 0 Å². The quantitative estimate of drug-likeness (QED) is 0.789. The molecule has 1 saturated carbocycles. The van der Waals surface area contributed by atoms with Crippen molar-refractivity contribution in [3.8, 4) is 0 Å². The number of carbonyl (C=O) groups is 1. The fourth-order valence-corrected chi connectivity index (χ4v) is 2.57. The van der Waals surface area contributed by atoms with Crippen molar-refractivity contribution in [2.24, 2.45) is 0 Å². The highest BCUT2D eigenvalue weighted by Gasteiger charge is 2.49. The van der Waals surface area contributed by atoms with Crippen molar-refractivity contribution in [3.63, 3.8) is 0 Å². The minimum atomic E-state index is -0.162. The summed E-state index contributed by atoms with van der Waals surface area (Å²) >= 11 is 3.52. The van der Waals surface area contributed by atoms with E-state index in [9.17, 15) is 4.79 Å². The first-order chi connectivity index (χ1) is 6.56. The number of hydrogen-bond acceptors (Lipinski definition) is 1. The molecule has 1 nitrogen and oxygen atoms in total. The van der Waals surface area contributed by atoms with Crippen LogP contribution in [0.5, 0.6) is 0 Å². The normalized spacial score (nSPS) is 17.9. The first-order valence-corrected chi connectivity index (χ1v) is 5.63. The third-order valence-electron chi connectivity index (χ3n) is 3.06. The fraction of sp³-hybridized carbons (Fsp3) is 0.417. The molecule has 2 heteroatoms. The van der Waals surface area contributed by atoms with Gasteiger partial charge in [-0.2, -0.15) is 0 Å². The van der Waals surface area contributed by atoms with Gasteiger partial charge in [0.2, 0.25) is 0 Å². The summed E-state index contributed by atoms with van der Waals surface area (Å²) in [6, 6.07) is 6.22. The second-order valence-corrected chi connectivity index (χ2v) is 4.98. The zero-order valence-corrected chi connectivity index (χ0v) is 10.0. The Kier molecular flexibility index (Phi) is 2.26. The van der Waals surface area contributed by atoms with Crippen LogP contribution in [-0.4, -0.2) is 5.78 Å². The van der Waals surface area contributed by atoms with Crippen molar-refractivity contribution in [2.75, 3.05) is 0 Å². The van der Waals surface area contributed by atoms with E-state index in [4.69, 9.17) is 0 Å². The topological polar surface area (TPSA) is 17.1 Å². The van der Waals surface area contributed by atoms with Gasteiger partial charge in [-0.3, -0.25) is 4.79 Å². The smallest absolute Gasteiger partial charge is 0.140 e. The van der Waals surface area contributed by atoms with Gasteiger partial charge < -0.3 is 0 Å². The molecule has 74 valence electrons. The van der Waals surface area contributed by atoms with Crippen LogP contribution in [0.15, 0.2) is 22.7 Å². The van der Waals surface area contributed by atoms with E-state index in [2.05, 4.69) is 35.0 Å². The molecule has 1 aliphatic rings. The van der Waals surface area contributed by atoms with Gasteiger partial charge in [0.1, 0.15) is 5.78 Å². The van der Waals surface area contributed by atoms with Crippen LogP contribution in [0.1, 0.15) is 30.9 Å². The number of hydrogen-bond donors (Lipinski definition) is 0. The molecule has 0 bridgehead atoms. The van der Waals surface area contributed by atoms with Crippen LogP contribution in [0.2, 0.25) is 0 Å². The predicted octanol–water partition coefficient (Wildman–Crippen LogP) is 3.38. The number of ketones is 1. The second kappa shape index (κ2) is 3.20. The van der Waals surface area contributed by atoms with Crippen LogP contribution in [0, 0.1) is 6.92 Å². The van der Waals surface area contributed by atoms with E-state index >= 15 is 0 Å². The molecule has 0 saturated heterocycles. The Morgan fingerprint density at radius 3 is 2.57 bits per heavy atom. The second-order valence-electron chi connectivity index (χ2n) is 4.12. The van der Waals surface area contributed by atoms with Crippen LogP contribution in [0.3, 0.4) is 0 Å². The third-order valence-corrected chi connectivity index (χ3v) is 3.75. The fourth-order valence-electron chi connectivity index (χ4n) is 1.94. The maximum atomic E-state index is 11.6. The van der Waals surface area contributed by atoms with Gasteiger partial charge in [0.25, 0.3) is 0 Å². The van der Waals surface area contributed by atoms with Gasteiger partial charge in [0.05, 0.1) is 5.41 Å². The van der Waals surface area contributed by atoms with Crippen molar-refractivity contribution >= 4 is 21.7 Å². The van der Waals surface area contributed by atoms with Crippen molar-refractivity contribution < 1.29 is 4.79 Å². The number of rotatable bonds is 2. The van der Waals surface area contributed by atoms with E-state index in [1.54, 1.807) is 6.92 Å². The van der Waals surface area contributed by atoms with E-state index in [-0.39, 0.29) is 5.41 Å². The molecule has 0 aliphatic heterocycles. The van der Waals surface area contributed by atoms with E-state index in [1.165, 1.54) is 11.1 Å². The van der Waals surface area contributed by atoms with Crippen LogP contribution in [-0.2, 0) is 10.2 Å². The van der Waals surface area contributed by atoms with E-state index in [0.29, 0.717) is 5.78 Å². The Hall–Kier alpha value is -0.630. The van der Waals surface area contributed by atoms with Crippen molar-refractivity contribution in [3.05, 3.63) is 33.8 Å². The molecule has 2 rings (SSSR count). The molecule has 0 amide bonds. The molecule has 1 aromatic rings. The molecule has 1 aliphatic carbocycles. The third kappa shape index (κ3) is 1.42. The summed E-state index contributed by atoms with van der Waals surface area (Å²) in [6.45, 7) is 3.76. The maximum absolute atomic E-state index is 11.6. The predicted molar refractivity (Wildman–Crippen MR) is 60.5 cm³/mol. The molecule has 14 heavy (non-hydrogen) atoms. The molecule has 0 aromatic heterocycles. The molecule has 1 aromatic carbocycles. The van der Waals surface area contributed by atoms with Crippen LogP contribution in [0.25, 0.3) is 0 Å². The highest BCUT2D eigenvalue weighted by Crippen LogP contribution is 2.51. The molecular weight excluding hydrogens is 240 g/mol. The summed E-state index contributed by atoms with van der Waals surface area (Å²) in [5, 5.41) is 0. The number of benzene rings is 1. The lowest BCUT2D eigenvalue weighted by Crippen LogP contribution is -2.17. The van der Waals surface area contributed by atoms with Crippen molar-refractivity contribution in [2.45, 2.75) is 32.1 Å². The molecule has 1 fully saturated rings. The minimum Gasteiger partial charge on any atom is -0.299 e. The van der Waals surface area contributed by atoms with Gasteiger partial charge >= 0.3 is 0 Å². The van der Waals surface area contributed by atoms with Gasteiger partial charge in [-0.25, -0.2) is 0 Å². The Balaban J connectivity index is 2.51. The Bertz CT molecular complexity index is 391. The maximum Gasteiger partial charge on any atom is 0.140 e. The summed E-state index contributed by atoms with van der Waals surface area (Å²) < 4.78 is 1.07. The SMILES string of the molecule is CC(=O)C1(c2cc(C)ccc2Br)CC1. The number of halogens is 1. The monoisotopic (exact) mass is 252 g/mol. The van der Waals surface area contributed by atoms with Gasteiger partial charge in [-0.1, -0.05) is 33.6 Å². The number of aryl methyl sites for hydroxylation is 1. The Morgan fingerprint density at radius 1 is 1.43 bits per heavy atom. The van der Waals surface area contributed by atoms with Gasteiger partial charge in [-0.15, -0.1) is 0 Å². The number of Topliss-reactive ketones (excluding diaryl/α,β-unsaturated/α-hetero) is 1. The summed E-state index contributed by atoms with van der Waals surface area (Å²) in [5.74, 6) is 0.295. The van der Waals surface area contributed by atoms with Crippen molar-refractivity contribution in [1.29, 1.82) is 0 Å². The Labute approximate surface area is 92.6 Å². The van der Waals surface area contributed by atoms with Gasteiger partial charge in [-0.05, 0) is 38.3 Å². The lowest BCUT2D eigenvalue weighted by atomic mass is 9.91. The molecule has 0 unspecified atom stereocenters. The average Bonchev–Trinajstić information content (AvgIpc) is 2.90. The van der Waals surface area contributed by atoms with Gasteiger partial charge in [0, 0.05) is 4.47 Å². The highest BCUT2D eigenvalue weighted by molar-refractivity contribution is 9.10. The van der Waals surface area contributed by atoms with Crippen molar-refractivity contribution in [1.82, 2.24) is 0 Å². The summed E-state index contributed by atoms with van der Waals surface area (Å²) in [7, 11) is 0. The summed E-state index contributed by atoms with van der Waals surface area (Å²) in [6.07, 6.45) is 2.01. The Morgan fingerprint density at radius 2 is 2.07 bits per heavy atom. The van der Waals surface area contributed by atoms with E-state index < -0.39 is 0 Å². The lowest BCUT2D eigenvalue weighted by molar-refractivity contribution is -0.119. The molecule has 0 heterocycles. The first-order valence-electron chi connectivity index (χ1n) is 4.84. The molecule has 0 atom stereocenters. The lowest BCUT2D eigenvalue weighted by Gasteiger charge is -2.14. The van der Waals surface area contributed by atoms with E-state index in [1.807, 2.05) is 6.07 Å². The van der Waals surface area contributed by atoms with Crippen LogP contribution < -0.4 is 0 Å². The van der Waals surface area contributed by atoms with E-state index in [0.717, 1.165) is 17.3 Å². The molecule has 0 radical (unpaired) electrons. The zero-order valence-electron chi connectivity index (χ0n) is 8.43. The standard InChI is InChI=1S/C12H13BrO/c1-8-3-4-11(13)10(7-8)12(5-6-12)9(2)14/h3-4,7H,5-6H2,1-2H3. The highest BCUT2D eigenvalue weighted by atomic mass is 79.9. The van der Waals surface area contributed by atoms with Crippen LogP contribution >= 0.6 is 15.9 Å². The summed E-state index contributed by atoms with van der Waals surface area (Å²) in [5.41, 5.74) is 2.23. The molecular formula is C12H13BrO. The summed E-state index contributed by atoms with van der Waals surface area (Å²) in [4.78, 5) is 11.6. The minimum absolute atomic E-state index is 0.162. The average molecular weight is 253 g/mol. The first kappa shape index (κ1) is 9.91. The zero-order chi connectivity index (χ0) is 10.3.